The lowest BCUT2D eigenvalue weighted by Crippen LogP contribution is -2.15. The minimum atomic E-state index is -0.336. The predicted octanol–water partition coefficient (Wildman–Crippen LogP) is 5.26. The van der Waals surface area contributed by atoms with Crippen LogP contribution in [0.15, 0.2) is 71.3 Å². The van der Waals surface area contributed by atoms with E-state index in [2.05, 4.69) is 38.5 Å². The number of nitrogens with zero attached hydrogens (tertiary/aromatic N) is 1. The molecule has 158 valence electrons. The zero-order chi connectivity index (χ0) is 22.2. The van der Waals surface area contributed by atoms with Crippen LogP contribution in [0.25, 0.3) is 0 Å². The van der Waals surface area contributed by atoms with Gasteiger partial charge < -0.3 is 10.6 Å². The fourth-order valence-electron chi connectivity index (χ4n) is 2.90. The van der Waals surface area contributed by atoms with Gasteiger partial charge in [-0.2, -0.15) is 0 Å². The van der Waals surface area contributed by atoms with Crippen molar-refractivity contribution in [2.45, 2.75) is 26.2 Å². The maximum absolute atomic E-state index is 12.4. The number of aryl methyl sites for hydroxylation is 1. The van der Waals surface area contributed by atoms with Gasteiger partial charge in [0.1, 0.15) is 5.82 Å². The monoisotopic (exact) mass is 479 g/mol. The molecule has 31 heavy (non-hydrogen) atoms. The number of rotatable bonds is 8. The molecule has 0 atom stereocenters. The van der Waals surface area contributed by atoms with Gasteiger partial charge in [-0.25, -0.2) is 4.98 Å². The number of hydrogen-bond acceptors (Lipinski definition) is 4. The first-order valence-corrected chi connectivity index (χ1v) is 10.7. The molecule has 7 heteroatoms. The Balaban J connectivity index is 1.54. The van der Waals surface area contributed by atoms with Crippen LogP contribution >= 0.6 is 15.9 Å². The molecule has 3 rings (SSSR count). The first-order valence-electron chi connectivity index (χ1n) is 9.89. The molecule has 2 N–H and O–H groups in total. The second kappa shape index (κ2) is 10.6. The van der Waals surface area contributed by atoms with E-state index in [-0.39, 0.29) is 30.4 Å². The van der Waals surface area contributed by atoms with Crippen LogP contribution in [-0.4, -0.2) is 22.6 Å². The van der Waals surface area contributed by atoms with Crippen LogP contribution < -0.4 is 10.6 Å². The second-order valence-electron chi connectivity index (χ2n) is 6.92. The van der Waals surface area contributed by atoms with E-state index in [1.54, 1.807) is 54.7 Å². The Bertz CT molecular complexity index is 1080. The number of halogens is 1. The Kier molecular flexibility index (Phi) is 7.67. The minimum Gasteiger partial charge on any atom is -0.326 e. The summed E-state index contributed by atoms with van der Waals surface area (Å²) >= 11 is 3.29. The largest absolute Gasteiger partial charge is 0.326 e. The van der Waals surface area contributed by atoms with Crippen molar-refractivity contribution in [3.8, 4) is 0 Å². The van der Waals surface area contributed by atoms with E-state index < -0.39 is 0 Å². The Morgan fingerprint density at radius 1 is 0.903 bits per heavy atom. The van der Waals surface area contributed by atoms with Crippen LogP contribution in [0, 0.1) is 0 Å². The summed E-state index contributed by atoms with van der Waals surface area (Å²) < 4.78 is 0.812. The summed E-state index contributed by atoms with van der Waals surface area (Å²) in [5, 5.41) is 5.44. The number of nitrogens with one attached hydrogen (secondary N) is 2. The van der Waals surface area contributed by atoms with Gasteiger partial charge in [0.25, 0.3) is 5.91 Å². The summed E-state index contributed by atoms with van der Waals surface area (Å²) in [6.07, 6.45) is 2.68. The van der Waals surface area contributed by atoms with Crippen LogP contribution in [0.1, 0.15) is 46.0 Å². The van der Waals surface area contributed by atoms with Gasteiger partial charge in [0, 0.05) is 40.3 Å². The summed E-state index contributed by atoms with van der Waals surface area (Å²) in [4.78, 5) is 41.1. The summed E-state index contributed by atoms with van der Waals surface area (Å²) in [6.45, 7) is 2.05. The van der Waals surface area contributed by atoms with Crippen LogP contribution in [0.2, 0.25) is 0 Å². The zero-order valence-corrected chi connectivity index (χ0v) is 18.6. The molecule has 3 aromatic rings. The highest BCUT2D eigenvalue weighted by Gasteiger charge is 2.12. The van der Waals surface area contributed by atoms with E-state index in [1.165, 1.54) is 0 Å². The molecule has 0 saturated heterocycles. The van der Waals surface area contributed by atoms with Crippen molar-refractivity contribution in [2.75, 3.05) is 10.6 Å². The molecule has 1 heterocycles. The molecule has 6 nitrogen and oxygen atoms in total. The van der Waals surface area contributed by atoms with Gasteiger partial charge in [0.2, 0.25) is 5.91 Å². The average Bonchev–Trinajstić information content (AvgIpc) is 2.79. The van der Waals surface area contributed by atoms with Gasteiger partial charge in [-0.3, -0.25) is 14.4 Å². The molecule has 0 radical (unpaired) electrons. The van der Waals surface area contributed by atoms with Crippen molar-refractivity contribution < 1.29 is 14.4 Å². The quantitative estimate of drug-likeness (QED) is 0.431. The third-order valence-electron chi connectivity index (χ3n) is 4.64. The number of anilines is 2. The van der Waals surface area contributed by atoms with Crippen LogP contribution in [0.4, 0.5) is 11.5 Å². The van der Waals surface area contributed by atoms with E-state index in [0.29, 0.717) is 22.6 Å². The highest BCUT2D eigenvalue weighted by molar-refractivity contribution is 9.10. The van der Waals surface area contributed by atoms with Crippen molar-refractivity contribution >= 4 is 45.0 Å². The van der Waals surface area contributed by atoms with E-state index in [9.17, 15) is 14.4 Å². The fraction of sp³-hybridized carbons (Fsp3) is 0.167. The topological polar surface area (TPSA) is 88.2 Å². The number of carbonyl (C=O) groups is 3. The van der Waals surface area contributed by atoms with Crippen LogP contribution in [-0.2, 0) is 11.2 Å². The molecule has 0 unspecified atom stereocenters. The summed E-state index contributed by atoms with van der Waals surface area (Å²) in [5.41, 5.74) is 2.63. The van der Waals surface area contributed by atoms with Crippen molar-refractivity contribution in [3.63, 3.8) is 0 Å². The van der Waals surface area contributed by atoms with Gasteiger partial charge in [0.15, 0.2) is 5.78 Å². The number of carbonyl (C=O) groups excluding carboxylic acids is 3. The Hall–Kier alpha value is -3.32. The Morgan fingerprint density at radius 3 is 2.35 bits per heavy atom. The number of pyridine rings is 1. The highest BCUT2D eigenvalue weighted by Crippen LogP contribution is 2.15. The normalized spacial score (nSPS) is 10.4. The van der Waals surface area contributed by atoms with Crippen molar-refractivity contribution in [3.05, 3.63) is 88.0 Å². The molecule has 0 saturated carbocycles. The number of ketones is 1. The van der Waals surface area contributed by atoms with Gasteiger partial charge in [-0.15, -0.1) is 0 Å². The first-order chi connectivity index (χ1) is 14.9. The van der Waals surface area contributed by atoms with E-state index >= 15 is 0 Å². The molecular weight excluding hydrogens is 458 g/mol. The number of Topliss-reactive ketones (excluding diaryl/α,β-unsaturated/α-hetero) is 1. The standard InChI is InChI=1S/C24H22BrN3O3/c1-2-16-6-8-17(9-7-16)21(29)11-13-23(30)27-20-5-3-4-18(14-20)24(31)28-22-12-10-19(25)15-26-22/h3-10,12,14-15H,2,11,13H2,1H3,(H,27,30)(H,26,28,31). The summed E-state index contributed by atoms with van der Waals surface area (Å²) in [5.74, 6) is -0.275. The molecule has 0 aliphatic heterocycles. The van der Waals surface area contributed by atoms with Crippen molar-refractivity contribution in [1.29, 1.82) is 0 Å². The minimum absolute atomic E-state index is 0.0631. The van der Waals surface area contributed by atoms with Crippen LogP contribution in [0.5, 0.6) is 0 Å². The highest BCUT2D eigenvalue weighted by atomic mass is 79.9. The van der Waals surface area contributed by atoms with Gasteiger partial charge in [-0.05, 0) is 58.2 Å². The molecule has 1 aromatic heterocycles. The van der Waals surface area contributed by atoms with Crippen molar-refractivity contribution in [1.82, 2.24) is 4.98 Å². The van der Waals surface area contributed by atoms with Crippen molar-refractivity contribution in [2.24, 2.45) is 0 Å². The van der Waals surface area contributed by atoms with E-state index in [1.807, 2.05) is 12.1 Å². The molecule has 0 aliphatic carbocycles. The zero-order valence-electron chi connectivity index (χ0n) is 17.0. The second-order valence-corrected chi connectivity index (χ2v) is 7.83. The molecule has 0 bridgehead atoms. The van der Waals surface area contributed by atoms with E-state index in [4.69, 9.17) is 0 Å². The smallest absolute Gasteiger partial charge is 0.256 e. The van der Waals surface area contributed by atoms with E-state index in [0.717, 1.165) is 16.5 Å². The number of amides is 2. The first kappa shape index (κ1) is 22.4. The predicted molar refractivity (Wildman–Crippen MR) is 124 cm³/mol. The summed E-state index contributed by atoms with van der Waals surface area (Å²) in [6, 6.07) is 17.5. The number of hydrogen-bond donors (Lipinski definition) is 2. The summed E-state index contributed by atoms with van der Waals surface area (Å²) in [7, 11) is 0. The van der Waals surface area contributed by atoms with Gasteiger partial charge in [-0.1, -0.05) is 37.3 Å². The third-order valence-corrected chi connectivity index (χ3v) is 5.11. The number of benzene rings is 2. The Morgan fingerprint density at radius 2 is 1.68 bits per heavy atom. The lowest BCUT2D eigenvalue weighted by molar-refractivity contribution is -0.116. The van der Waals surface area contributed by atoms with Gasteiger partial charge in [0.05, 0.1) is 0 Å². The number of aromatic nitrogens is 1. The van der Waals surface area contributed by atoms with Crippen LogP contribution in [0.3, 0.4) is 0 Å². The molecule has 2 aromatic carbocycles. The average molecular weight is 480 g/mol. The lowest BCUT2D eigenvalue weighted by atomic mass is 10.0. The maximum atomic E-state index is 12.4. The molecule has 0 spiro atoms. The SMILES string of the molecule is CCc1ccc(C(=O)CCC(=O)Nc2cccc(C(=O)Nc3ccc(Br)cn3)c2)cc1. The molecular formula is C24H22BrN3O3. The third kappa shape index (κ3) is 6.58. The Labute approximate surface area is 189 Å². The molecule has 0 aliphatic rings. The lowest BCUT2D eigenvalue weighted by Gasteiger charge is -2.08. The maximum Gasteiger partial charge on any atom is 0.256 e. The fourth-order valence-corrected chi connectivity index (χ4v) is 3.13. The molecule has 2 amide bonds. The molecule has 0 fully saturated rings. The van der Waals surface area contributed by atoms with Gasteiger partial charge >= 0.3 is 0 Å².